The number of benzene rings is 2. The first kappa shape index (κ1) is 17.6. The van der Waals surface area contributed by atoms with Crippen LogP contribution in [0.2, 0.25) is 0 Å². The molecule has 0 radical (unpaired) electrons. The van der Waals surface area contributed by atoms with Crippen LogP contribution in [0.1, 0.15) is 36.5 Å². The second-order valence-corrected chi connectivity index (χ2v) is 5.70. The number of hydrogen-bond donors (Lipinski definition) is 2. The van der Waals surface area contributed by atoms with Crippen LogP contribution in [0, 0.1) is 11.3 Å². The number of aliphatic imine (C=N–C) groups is 1. The summed E-state index contributed by atoms with van der Waals surface area (Å²) in [6.07, 6.45) is 0. The van der Waals surface area contributed by atoms with E-state index in [0.717, 1.165) is 24.6 Å². The summed E-state index contributed by atoms with van der Waals surface area (Å²) in [4.78, 5) is 4.62. The quantitative estimate of drug-likeness (QED) is 0.633. The Hall–Kier alpha value is -2.80. The molecule has 0 bridgehead atoms. The molecular weight excluding hydrogens is 296 g/mol. The third-order valence-electron chi connectivity index (χ3n) is 3.79. The summed E-state index contributed by atoms with van der Waals surface area (Å²) in [5, 5.41) is 15.5. The first-order chi connectivity index (χ1) is 11.7. The van der Waals surface area contributed by atoms with E-state index in [1.165, 1.54) is 5.56 Å². The van der Waals surface area contributed by atoms with Crippen molar-refractivity contribution in [1.82, 2.24) is 10.6 Å². The van der Waals surface area contributed by atoms with Crippen molar-refractivity contribution in [1.29, 1.82) is 5.26 Å². The summed E-state index contributed by atoms with van der Waals surface area (Å²) >= 11 is 0. The van der Waals surface area contributed by atoms with Gasteiger partial charge in [0.25, 0.3) is 0 Å². The molecule has 4 nitrogen and oxygen atoms in total. The molecule has 0 fully saturated rings. The monoisotopic (exact) mass is 320 g/mol. The van der Waals surface area contributed by atoms with Crippen molar-refractivity contribution in [3.05, 3.63) is 71.3 Å². The van der Waals surface area contributed by atoms with Crippen LogP contribution in [0.4, 0.5) is 0 Å². The van der Waals surface area contributed by atoms with Gasteiger partial charge in [-0.3, -0.25) is 0 Å². The van der Waals surface area contributed by atoms with E-state index in [2.05, 4.69) is 59.8 Å². The van der Waals surface area contributed by atoms with Gasteiger partial charge in [-0.2, -0.15) is 5.26 Å². The summed E-state index contributed by atoms with van der Waals surface area (Å²) in [7, 11) is 0. The van der Waals surface area contributed by atoms with Crippen LogP contribution in [0.25, 0.3) is 0 Å². The van der Waals surface area contributed by atoms with Gasteiger partial charge in [-0.15, -0.1) is 0 Å². The van der Waals surface area contributed by atoms with Crippen LogP contribution in [0.15, 0.2) is 59.6 Å². The number of hydrogen-bond acceptors (Lipinski definition) is 2. The molecule has 0 amide bonds. The largest absolute Gasteiger partial charge is 0.357 e. The molecular formula is C20H24N4. The Morgan fingerprint density at radius 3 is 2.42 bits per heavy atom. The molecule has 4 heteroatoms. The molecule has 0 heterocycles. The molecule has 2 rings (SSSR count). The van der Waals surface area contributed by atoms with Gasteiger partial charge < -0.3 is 10.6 Å². The predicted octanol–water partition coefficient (Wildman–Crippen LogP) is 3.42. The first-order valence-electron chi connectivity index (χ1n) is 8.29. The lowest BCUT2D eigenvalue weighted by molar-refractivity contribution is 0.699. The lowest BCUT2D eigenvalue weighted by Crippen LogP contribution is -2.39. The third-order valence-corrected chi connectivity index (χ3v) is 3.79. The van der Waals surface area contributed by atoms with Gasteiger partial charge in [0, 0.05) is 13.1 Å². The van der Waals surface area contributed by atoms with Crippen molar-refractivity contribution in [2.24, 2.45) is 4.99 Å². The van der Waals surface area contributed by atoms with Gasteiger partial charge in [-0.05, 0) is 36.1 Å². The molecule has 0 saturated heterocycles. The zero-order chi connectivity index (χ0) is 17.2. The minimum Gasteiger partial charge on any atom is -0.357 e. The fraction of sp³-hybridized carbons (Fsp3) is 0.300. The molecule has 0 spiro atoms. The maximum Gasteiger partial charge on any atom is 0.191 e. The summed E-state index contributed by atoms with van der Waals surface area (Å²) in [5.74, 6) is 1.22. The smallest absolute Gasteiger partial charge is 0.191 e. The Kier molecular flexibility index (Phi) is 6.85. The molecule has 2 N–H and O–H groups in total. The topological polar surface area (TPSA) is 60.2 Å². The highest BCUT2D eigenvalue weighted by atomic mass is 15.2. The minimum atomic E-state index is 0.407. The lowest BCUT2D eigenvalue weighted by atomic mass is 10.0. The molecule has 1 unspecified atom stereocenters. The zero-order valence-electron chi connectivity index (χ0n) is 14.3. The molecule has 0 aliphatic carbocycles. The maximum absolute atomic E-state index is 8.83. The van der Waals surface area contributed by atoms with E-state index in [4.69, 9.17) is 5.26 Å². The van der Waals surface area contributed by atoms with Gasteiger partial charge >= 0.3 is 0 Å². The van der Waals surface area contributed by atoms with Gasteiger partial charge in [0.05, 0.1) is 18.2 Å². The highest BCUT2D eigenvalue weighted by Crippen LogP contribution is 2.13. The Bertz CT molecular complexity index is 684. The molecule has 2 aromatic rings. The highest BCUT2D eigenvalue weighted by molar-refractivity contribution is 5.79. The van der Waals surface area contributed by atoms with Crippen molar-refractivity contribution in [2.45, 2.75) is 26.3 Å². The van der Waals surface area contributed by atoms with E-state index in [1.807, 2.05) is 30.3 Å². The van der Waals surface area contributed by atoms with Crippen LogP contribution in [-0.4, -0.2) is 19.0 Å². The Morgan fingerprint density at radius 1 is 1.08 bits per heavy atom. The Labute approximate surface area is 144 Å². The molecule has 1 atom stereocenters. The van der Waals surface area contributed by atoms with E-state index in [0.29, 0.717) is 18.0 Å². The SMILES string of the molecule is CCNC(=NCc1ccc(C#N)cc1)NCC(C)c1ccccc1. The summed E-state index contributed by atoms with van der Waals surface area (Å²) < 4.78 is 0. The highest BCUT2D eigenvalue weighted by Gasteiger charge is 2.06. The van der Waals surface area contributed by atoms with Crippen molar-refractivity contribution in [3.8, 4) is 6.07 Å². The van der Waals surface area contributed by atoms with Crippen LogP contribution in [0.5, 0.6) is 0 Å². The second kappa shape index (κ2) is 9.36. The number of rotatable bonds is 6. The molecule has 0 aliphatic heterocycles. The summed E-state index contributed by atoms with van der Waals surface area (Å²) in [6.45, 7) is 6.48. The molecule has 2 aromatic carbocycles. The van der Waals surface area contributed by atoms with Gasteiger partial charge in [0.15, 0.2) is 5.96 Å². The van der Waals surface area contributed by atoms with E-state index < -0.39 is 0 Å². The number of guanidine groups is 1. The fourth-order valence-corrected chi connectivity index (χ4v) is 2.35. The number of nitrogens with one attached hydrogen (secondary N) is 2. The number of nitrogens with zero attached hydrogens (tertiary/aromatic N) is 2. The second-order valence-electron chi connectivity index (χ2n) is 5.70. The molecule has 0 aliphatic rings. The molecule has 24 heavy (non-hydrogen) atoms. The van der Waals surface area contributed by atoms with Crippen LogP contribution in [-0.2, 0) is 6.54 Å². The van der Waals surface area contributed by atoms with Crippen molar-refractivity contribution < 1.29 is 0 Å². The van der Waals surface area contributed by atoms with Crippen molar-refractivity contribution >= 4 is 5.96 Å². The van der Waals surface area contributed by atoms with Crippen LogP contribution >= 0.6 is 0 Å². The third kappa shape index (κ3) is 5.44. The zero-order valence-corrected chi connectivity index (χ0v) is 14.3. The Balaban J connectivity index is 1.93. The standard InChI is InChI=1S/C20H24N4/c1-3-22-20(23-14-16(2)19-7-5-4-6-8-19)24-15-18-11-9-17(13-21)10-12-18/h4-12,16H,3,14-15H2,1-2H3,(H2,22,23,24). The average molecular weight is 320 g/mol. The van der Waals surface area contributed by atoms with Crippen molar-refractivity contribution in [2.75, 3.05) is 13.1 Å². The molecule has 0 aromatic heterocycles. The van der Waals surface area contributed by atoms with Crippen LogP contribution in [0.3, 0.4) is 0 Å². The van der Waals surface area contributed by atoms with E-state index in [-0.39, 0.29) is 0 Å². The average Bonchev–Trinajstić information content (AvgIpc) is 2.65. The van der Waals surface area contributed by atoms with Gasteiger partial charge in [0.2, 0.25) is 0 Å². The van der Waals surface area contributed by atoms with E-state index in [1.54, 1.807) is 0 Å². The fourth-order valence-electron chi connectivity index (χ4n) is 2.35. The van der Waals surface area contributed by atoms with Gasteiger partial charge in [-0.25, -0.2) is 4.99 Å². The number of nitriles is 1. The summed E-state index contributed by atoms with van der Waals surface area (Å²) in [6, 6.07) is 20.1. The summed E-state index contributed by atoms with van der Waals surface area (Å²) in [5.41, 5.74) is 3.07. The lowest BCUT2D eigenvalue weighted by Gasteiger charge is -2.16. The minimum absolute atomic E-state index is 0.407. The Morgan fingerprint density at radius 2 is 1.79 bits per heavy atom. The van der Waals surface area contributed by atoms with Gasteiger partial charge in [0.1, 0.15) is 0 Å². The van der Waals surface area contributed by atoms with Gasteiger partial charge in [-0.1, -0.05) is 49.4 Å². The van der Waals surface area contributed by atoms with E-state index >= 15 is 0 Å². The van der Waals surface area contributed by atoms with Crippen molar-refractivity contribution in [3.63, 3.8) is 0 Å². The van der Waals surface area contributed by atoms with Crippen LogP contribution < -0.4 is 10.6 Å². The predicted molar refractivity (Wildman–Crippen MR) is 98.8 cm³/mol. The first-order valence-corrected chi connectivity index (χ1v) is 8.29. The molecule has 0 saturated carbocycles. The maximum atomic E-state index is 8.83. The normalized spacial score (nSPS) is 12.3. The molecule has 124 valence electrons. The van der Waals surface area contributed by atoms with E-state index in [9.17, 15) is 0 Å².